The van der Waals surface area contributed by atoms with E-state index in [0.29, 0.717) is 11.4 Å². The van der Waals surface area contributed by atoms with Crippen LogP contribution in [-0.4, -0.2) is 19.9 Å². The van der Waals surface area contributed by atoms with Gasteiger partial charge in [-0.1, -0.05) is 12.1 Å². The maximum Gasteiger partial charge on any atom is 0.183 e. The molecule has 126 valence electrons. The molecule has 0 saturated carbocycles. The zero-order chi connectivity index (χ0) is 18.3. The Morgan fingerprint density at radius 2 is 1.92 bits per heavy atom. The Bertz CT molecular complexity index is 1170. The number of anilines is 1. The van der Waals surface area contributed by atoms with Gasteiger partial charge in [0.05, 0.1) is 11.2 Å². The van der Waals surface area contributed by atoms with E-state index >= 15 is 0 Å². The SMILES string of the molecule is Cc1nc(-c2nc(N)c(C#N)nc2-c2ccc3ncccc3c2)sc1C. The Morgan fingerprint density at radius 3 is 2.65 bits per heavy atom. The first-order valence-electron chi connectivity index (χ1n) is 7.94. The molecule has 0 radical (unpaired) electrons. The summed E-state index contributed by atoms with van der Waals surface area (Å²) in [6.07, 6.45) is 1.76. The molecule has 0 spiro atoms. The Morgan fingerprint density at radius 1 is 1.08 bits per heavy atom. The number of aryl methyl sites for hydroxylation is 2. The topological polar surface area (TPSA) is 101 Å². The Kier molecular flexibility index (Phi) is 3.82. The molecule has 0 fully saturated rings. The molecule has 2 N–H and O–H groups in total. The van der Waals surface area contributed by atoms with Crippen molar-refractivity contribution in [1.29, 1.82) is 5.26 Å². The van der Waals surface area contributed by atoms with E-state index in [1.54, 1.807) is 6.20 Å². The first kappa shape index (κ1) is 16.1. The molecule has 0 saturated heterocycles. The first-order valence-corrected chi connectivity index (χ1v) is 8.75. The van der Waals surface area contributed by atoms with E-state index < -0.39 is 0 Å². The van der Waals surface area contributed by atoms with Crippen molar-refractivity contribution in [2.24, 2.45) is 0 Å². The van der Waals surface area contributed by atoms with E-state index in [0.717, 1.165) is 32.0 Å². The summed E-state index contributed by atoms with van der Waals surface area (Å²) in [5.41, 5.74) is 9.90. The van der Waals surface area contributed by atoms with Gasteiger partial charge in [0, 0.05) is 22.0 Å². The molecule has 0 aliphatic heterocycles. The molecule has 1 aromatic carbocycles. The van der Waals surface area contributed by atoms with Gasteiger partial charge in [0.15, 0.2) is 11.5 Å². The summed E-state index contributed by atoms with van der Waals surface area (Å²) in [6.45, 7) is 3.97. The highest BCUT2D eigenvalue weighted by Crippen LogP contribution is 2.35. The van der Waals surface area contributed by atoms with Crippen molar-refractivity contribution in [3.8, 4) is 28.0 Å². The molecule has 6 nitrogen and oxygen atoms in total. The van der Waals surface area contributed by atoms with Crippen LogP contribution in [0, 0.1) is 25.2 Å². The standard InChI is InChI=1S/C19H14N6S/c1-10-11(2)26-19(23-10)17-16(24-15(9-20)18(21)25-17)13-5-6-14-12(8-13)4-3-7-22-14/h3-8H,1-2H3,(H2,21,25). The van der Waals surface area contributed by atoms with Crippen molar-refractivity contribution in [1.82, 2.24) is 19.9 Å². The fraction of sp³-hybridized carbons (Fsp3) is 0.105. The van der Waals surface area contributed by atoms with Gasteiger partial charge in [0.1, 0.15) is 22.5 Å². The molecule has 3 aromatic heterocycles. The lowest BCUT2D eigenvalue weighted by Gasteiger charge is -2.09. The second kappa shape index (κ2) is 6.17. The van der Waals surface area contributed by atoms with Crippen LogP contribution in [0.2, 0.25) is 0 Å². The molecule has 4 rings (SSSR count). The Hall–Kier alpha value is -3.37. The molecule has 26 heavy (non-hydrogen) atoms. The van der Waals surface area contributed by atoms with Crippen molar-refractivity contribution in [3.05, 3.63) is 52.8 Å². The number of rotatable bonds is 2. The first-order chi connectivity index (χ1) is 12.6. The quantitative estimate of drug-likeness (QED) is 0.583. The molecular weight excluding hydrogens is 344 g/mol. The summed E-state index contributed by atoms with van der Waals surface area (Å²) < 4.78 is 0. The monoisotopic (exact) mass is 358 g/mol. The van der Waals surface area contributed by atoms with E-state index in [9.17, 15) is 5.26 Å². The molecule has 3 heterocycles. The molecule has 0 atom stereocenters. The fourth-order valence-corrected chi connectivity index (χ4v) is 3.58. The van der Waals surface area contributed by atoms with Gasteiger partial charge in [-0.05, 0) is 32.0 Å². The highest BCUT2D eigenvalue weighted by molar-refractivity contribution is 7.15. The normalized spacial score (nSPS) is 10.8. The third-order valence-corrected chi connectivity index (χ3v) is 5.22. The van der Waals surface area contributed by atoms with Crippen LogP contribution in [0.1, 0.15) is 16.3 Å². The van der Waals surface area contributed by atoms with Crippen molar-refractivity contribution in [3.63, 3.8) is 0 Å². The minimum atomic E-state index is 0.110. The highest BCUT2D eigenvalue weighted by atomic mass is 32.1. The lowest BCUT2D eigenvalue weighted by atomic mass is 10.1. The second-order valence-electron chi connectivity index (χ2n) is 5.84. The van der Waals surface area contributed by atoms with Crippen molar-refractivity contribution >= 4 is 28.1 Å². The maximum atomic E-state index is 9.32. The molecule has 0 aliphatic carbocycles. The van der Waals surface area contributed by atoms with Crippen LogP contribution in [-0.2, 0) is 0 Å². The van der Waals surface area contributed by atoms with Crippen LogP contribution in [0.25, 0.3) is 32.9 Å². The number of aromatic nitrogens is 4. The smallest absolute Gasteiger partial charge is 0.183 e. The van der Waals surface area contributed by atoms with Crippen LogP contribution < -0.4 is 5.73 Å². The van der Waals surface area contributed by atoms with Crippen molar-refractivity contribution in [2.75, 3.05) is 5.73 Å². The lowest BCUT2D eigenvalue weighted by molar-refractivity contribution is 1.16. The maximum absolute atomic E-state index is 9.32. The predicted molar refractivity (Wildman–Crippen MR) is 102 cm³/mol. The van der Waals surface area contributed by atoms with Gasteiger partial charge >= 0.3 is 0 Å². The summed E-state index contributed by atoms with van der Waals surface area (Å²) in [5.74, 6) is 0.110. The van der Waals surface area contributed by atoms with Gasteiger partial charge < -0.3 is 5.73 Å². The number of pyridine rings is 1. The number of nitrogens with two attached hydrogens (primary N) is 1. The highest BCUT2D eigenvalue weighted by Gasteiger charge is 2.19. The Labute approximate surface area is 154 Å². The summed E-state index contributed by atoms with van der Waals surface area (Å²) in [6, 6.07) is 11.7. The molecule has 0 unspecified atom stereocenters. The third kappa shape index (κ3) is 2.66. The number of hydrogen-bond acceptors (Lipinski definition) is 7. The summed E-state index contributed by atoms with van der Waals surface area (Å²) in [4.78, 5) is 19.0. The molecule has 0 amide bonds. The van der Waals surface area contributed by atoms with Crippen molar-refractivity contribution < 1.29 is 0 Å². The minimum absolute atomic E-state index is 0.110. The number of fused-ring (bicyclic) bond motifs is 1. The molecular formula is C19H14N6S. The number of nitrogen functional groups attached to an aromatic ring is 1. The zero-order valence-electron chi connectivity index (χ0n) is 14.2. The van der Waals surface area contributed by atoms with Gasteiger partial charge in [0.25, 0.3) is 0 Å². The average Bonchev–Trinajstić information content (AvgIpc) is 2.99. The zero-order valence-corrected chi connectivity index (χ0v) is 15.0. The third-order valence-electron chi connectivity index (χ3n) is 4.14. The number of thiazole rings is 1. The van der Waals surface area contributed by atoms with E-state index in [-0.39, 0.29) is 11.5 Å². The van der Waals surface area contributed by atoms with E-state index in [1.165, 1.54) is 11.3 Å². The second-order valence-corrected chi connectivity index (χ2v) is 7.04. The molecule has 4 aromatic rings. The van der Waals surface area contributed by atoms with E-state index in [2.05, 4.69) is 19.9 Å². The molecule has 7 heteroatoms. The predicted octanol–water partition coefficient (Wildman–Crippen LogP) is 3.89. The number of nitriles is 1. The number of nitrogens with zero attached hydrogens (tertiary/aromatic N) is 5. The number of benzene rings is 1. The largest absolute Gasteiger partial charge is 0.381 e. The van der Waals surface area contributed by atoms with Gasteiger partial charge in [0.2, 0.25) is 0 Å². The van der Waals surface area contributed by atoms with Crippen LogP contribution in [0.15, 0.2) is 36.5 Å². The summed E-state index contributed by atoms with van der Waals surface area (Å²) in [5, 5.41) is 11.0. The van der Waals surface area contributed by atoms with Gasteiger partial charge in [-0.25, -0.2) is 15.0 Å². The summed E-state index contributed by atoms with van der Waals surface area (Å²) in [7, 11) is 0. The average molecular weight is 358 g/mol. The Balaban J connectivity index is 2.00. The van der Waals surface area contributed by atoms with Crippen molar-refractivity contribution in [2.45, 2.75) is 13.8 Å². The van der Waals surface area contributed by atoms with Crippen LogP contribution >= 0.6 is 11.3 Å². The van der Waals surface area contributed by atoms with E-state index in [4.69, 9.17) is 5.73 Å². The van der Waals surface area contributed by atoms with Crippen LogP contribution in [0.3, 0.4) is 0 Å². The van der Waals surface area contributed by atoms with Gasteiger partial charge in [-0.3, -0.25) is 4.98 Å². The number of hydrogen-bond donors (Lipinski definition) is 1. The lowest BCUT2D eigenvalue weighted by Crippen LogP contribution is -2.03. The van der Waals surface area contributed by atoms with E-state index in [1.807, 2.05) is 50.2 Å². The fourth-order valence-electron chi connectivity index (χ4n) is 2.68. The summed E-state index contributed by atoms with van der Waals surface area (Å²) >= 11 is 1.54. The minimum Gasteiger partial charge on any atom is -0.381 e. The molecule has 0 bridgehead atoms. The van der Waals surface area contributed by atoms with Crippen LogP contribution in [0.4, 0.5) is 5.82 Å². The van der Waals surface area contributed by atoms with Crippen LogP contribution in [0.5, 0.6) is 0 Å². The molecule has 0 aliphatic rings. The van der Waals surface area contributed by atoms with Gasteiger partial charge in [-0.2, -0.15) is 5.26 Å². The van der Waals surface area contributed by atoms with Gasteiger partial charge in [-0.15, -0.1) is 11.3 Å².